The first-order valence-corrected chi connectivity index (χ1v) is 17.2. The second-order valence-corrected chi connectivity index (χ2v) is 14.9. The van der Waals surface area contributed by atoms with Crippen LogP contribution in [0.3, 0.4) is 0 Å². The summed E-state index contributed by atoms with van der Waals surface area (Å²) in [5, 5.41) is 12.8. The Labute approximate surface area is 309 Å². The molecule has 0 aliphatic rings. The zero-order chi connectivity index (χ0) is 33.9. The Morgan fingerprint density at radius 1 is 0.860 bits per heavy atom. The van der Waals surface area contributed by atoms with E-state index >= 15 is 0 Å². The van der Waals surface area contributed by atoms with E-state index in [1.807, 2.05) is 66.9 Å². The van der Waals surface area contributed by atoms with E-state index in [4.69, 9.17) is 14.4 Å². The molecule has 0 saturated heterocycles. The van der Waals surface area contributed by atoms with Crippen LogP contribution in [0.2, 0.25) is 0 Å². The Kier molecular flexibility index (Phi) is 8.88. The molecule has 249 valence electrons. The molecule has 3 heterocycles. The summed E-state index contributed by atoms with van der Waals surface area (Å²) in [5.41, 5.74) is 10.7. The van der Waals surface area contributed by atoms with Crippen LogP contribution < -0.4 is 0 Å². The van der Waals surface area contributed by atoms with Crippen molar-refractivity contribution in [1.82, 2.24) is 14.5 Å². The van der Waals surface area contributed by atoms with Crippen LogP contribution in [0.1, 0.15) is 38.8 Å². The van der Waals surface area contributed by atoms with Crippen LogP contribution in [-0.4, -0.2) is 29.9 Å². The fourth-order valence-electron chi connectivity index (χ4n) is 6.89. The number of nitrogens with zero attached hydrogens (tertiary/aromatic N) is 3. The summed E-state index contributed by atoms with van der Waals surface area (Å²) in [5.74, 6) is 1.30. The van der Waals surface area contributed by atoms with Crippen LogP contribution in [0.4, 0.5) is 0 Å². The van der Waals surface area contributed by atoms with E-state index in [0.717, 1.165) is 67.5 Å². The number of phenols is 1. The molecule has 3 radical (unpaired) electrons. The number of phenolic OH excluding ortho intramolecular Hbond substituents is 1. The summed E-state index contributed by atoms with van der Waals surface area (Å²) >= 11 is 0. The number of furan rings is 1. The van der Waals surface area contributed by atoms with Crippen molar-refractivity contribution in [2.75, 3.05) is 0 Å². The number of aromatic hydroxyl groups is 1. The zero-order valence-corrected chi connectivity index (χ0v) is 31.5. The smallest absolute Gasteiger partial charge is 0.148 e. The minimum absolute atomic E-state index is 0. The topological polar surface area (TPSA) is 64.1 Å². The summed E-state index contributed by atoms with van der Waals surface area (Å²) in [4.78, 5) is 10.3. The summed E-state index contributed by atoms with van der Waals surface area (Å²) in [6.07, 6.45) is 2.94. The molecular weight excluding hydrogens is 814 g/mol. The fraction of sp³-hybridized carbons (Fsp3) is 0.163. The molecule has 0 aliphatic heterocycles. The van der Waals surface area contributed by atoms with Crippen molar-refractivity contribution in [2.24, 2.45) is 5.92 Å². The molecule has 0 amide bonds. The monoisotopic (exact) mass is 848 g/mol. The maximum atomic E-state index is 11.0. The van der Waals surface area contributed by atoms with Gasteiger partial charge in [-0.25, -0.2) is 4.98 Å². The third-order valence-electron chi connectivity index (χ3n) is 9.09. The van der Waals surface area contributed by atoms with Crippen molar-refractivity contribution in [3.63, 3.8) is 0 Å². The molecule has 0 atom stereocenters. The molecule has 3 aromatic heterocycles. The van der Waals surface area contributed by atoms with Gasteiger partial charge in [0.1, 0.15) is 17.2 Å². The summed E-state index contributed by atoms with van der Waals surface area (Å²) < 4.78 is 8.72. The van der Waals surface area contributed by atoms with Crippen molar-refractivity contribution in [3.8, 4) is 45.2 Å². The van der Waals surface area contributed by atoms with Crippen LogP contribution in [0.25, 0.3) is 72.4 Å². The average Bonchev–Trinajstić information content (AvgIpc) is 3.67. The van der Waals surface area contributed by atoms with E-state index in [-0.39, 0.29) is 31.9 Å². The second-order valence-electron chi connectivity index (χ2n) is 13.6. The fourth-order valence-corrected chi connectivity index (χ4v) is 7.12. The van der Waals surface area contributed by atoms with E-state index in [0.29, 0.717) is 17.3 Å². The number of hydrogen-bond acceptors (Lipinski definition) is 4. The number of imidazole rings is 1. The van der Waals surface area contributed by atoms with Gasteiger partial charge in [0.05, 0.1) is 22.2 Å². The number of rotatable bonds is 7. The Morgan fingerprint density at radius 2 is 1.58 bits per heavy atom. The summed E-state index contributed by atoms with van der Waals surface area (Å²) in [7, 11) is 3.95. The molecule has 8 aromatic rings. The van der Waals surface area contributed by atoms with E-state index in [2.05, 4.69) is 91.0 Å². The van der Waals surface area contributed by atoms with Gasteiger partial charge in [0, 0.05) is 54.3 Å². The van der Waals surface area contributed by atoms with Gasteiger partial charge in [0.25, 0.3) is 0 Å². The van der Waals surface area contributed by atoms with Gasteiger partial charge in [-0.2, -0.15) is 0 Å². The van der Waals surface area contributed by atoms with Crippen molar-refractivity contribution < 1.29 is 30.6 Å². The average molecular weight is 849 g/mol. The predicted octanol–water partition coefficient (Wildman–Crippen LogP) is 10.4. The first kappa shape index (κ1) is 33.7. The van der Waals surface area contributed by atoms with Crippen molar-refractivity contribution in [3.05, 3.63) is 133 Å². The van der Waals surface area contributed by atoms with Gasteiger partial charge in [0.15, 0.2) is 0 Å². The molecule has 7 heteroatoms. The first-order valence-electron chi connectivity index (χ1n) is 16.7. The number of fused-ring (bicyclic) bond motifs is 4. The molecule has 0 spiro atoms. The SMILES string of the molecule is CC(C)Cc1cc(-c2[c-]c(-c3cccc4c3nc(-c3ccccc3O)n4-c3ccccc3)c3oc4ccccc4c3c2)ncc1C(C)(C)[Si].[Pt]. The minimum Gasteiger partial charge on any atom is -0.507 e. The van der Waals surface area contributed by atoms with Crippen LogP contribution in [0.5, 0.6) is 5.75 Å². The molecule has 0 unspecified atom stereocenters. The number of para-hydroxylation sites is 4. The Hall–Kier alpha value is -4.77. The van der Waals surface area contributed by atoms with Gasteiger partial charge in [-0.1, -0.05) is 111 Å². The minimum atomic E-state index is -0.215. The largest absolute Gasteiger partial charge is 0.507 e. The van der Waals surface area contributed by atoms with Crippen molar-refractivity contribution in [1.29, 1.82) is 0 Å². The molecule has 0 fully saturated rings. The molecule has 1 N–H and O–H groups in total. The summed E-state index contributed by atoms with van der Waals surface area (Å²) in [6.45, 7) is 8.82. The third kappa shape index (κ3) is 5.91. The number of benzene rings is 5. The summed E-state index contributed by atoms with van der Waals surface area (Å²) in [6, 6.07) is 40.0. The van der Waals surface area contributed by atoms with E-state index < -0.39 is 0 Å². The van der Waals surface area contributed by atoms with E-state index in [9.17, 15) is 5.11 Å². The Balaban J connectivity index is 0.00000392. The number of hydrogen-bond donors (Lipinski definition) is 1. The van der Waals surface area contributed by atoms with Crippen LogP contribution in [0.15, 0.2) is 120 Å². The number of aromatic nitrogens is 3. The maximum Gasteiger partial charge on any atom is 0.148 e. The molecule has 8 rings (SSSR count). The number of pyridine rings is 1. The molecular formula is C43H35N3O2PtSi-. The van der Waals surface area contributed by atoms with Gasteiger partial charge in [-0.3, -0.25) is 9.55 Å². The van der Waals surface area contributed by atoms with Gasteiger partial charge < -0.3 is 9.52 Å². The van der Waals surface area contributed by atoms with Gasteiger partial charge >= 0.3 is 0 Å². The predicted molar refractivity (Wildman–Crippen MR) is 200 cm³/mol. The molecule has 0 aliphatic carbocycles. The van der Waals surface area contributed by atoms with Gasteiger partial charge in [0.2, 0.25) is 0 Å². The Morgan fingerprint density at radius 3 is 2.34 bits per heavy atom. The molecule has 0 saturated carbocycles. The zero-order valence-electron chi connectivity index (χ0n) is 28.3. The quantitative estimate of drug-likeness (QED) is 0.128. The van der Waals surface area contributed by atoms with Crippen molar-refractivity contribution >= 4 is 43.2 Å². The molecule has 5 nitrogen and oxygen atoms in total. The van der Waals surface area contributed by atoms with Crippen LogP contribution in [-0.2, 0) is 32.5 Å². The second kappa shape index (κ2) is 13.2. The normalized spacial score (nSPS) is 11.9. The molecule has 50 heavy (non-hydrogen) atoms. The first-order chi connectivity index (χ1) is 23.7. The van der Waals surface area contributed by atoms with Crippen LogP contribution in [0, 0.1) is 12.0 Å². The van der Waals surface area contributed by atoms with Gasteiger partial charge in [-0.15, -0.1) is 12.1 Å². The Bertz CT molecular complexity index is 2510. The van der Waals surface area contributed by atoms with E-state index in [1.54, 1.807) is 6.07 Å². The molecule has 5 aromatic carbocycles. The van der Waals surface area contributed by atoms with Gasteiger partial charge in [-0.05, 0) is 70.3 Å². The maximum absolute atomic E-state index is 11.0. The third-order valence-corrected chi connectivity index (χ3v) is 9.36. The molecule has 0 bridgehead atoms. The van der Waals surface area contributed by atoms with E-state index in [1.165, 1.54) is 11.1 Å². The van der Waals surface area contributed by atoms with Crippen molar-refractivity contribution in [2.45, 2.75) is 39.2 Å². The standard InChI is InChI=1S/C43H35N3O2Si.Pt/c1-26(2)21-27-24-36(44-25-35(27)43(3,4)49)28-22-33-30-15-9-11-20-39(30)48-41(33)34(23-28)31-17-12-18-37-40(31)45-42(32-16-8-10-19-38(32)47)46(37)29-13-6-5-7-14-29;/h5-20,22,24-26,47H,21H2,1-4H3;/q-1;. The van der Waals surface area contributed by atoms with Crippen LogP contribution >= 0.6 is 0 Å².